The van der Waals surface area contributed by atoms with E-state index < -0.39 is 21.9 Å². The Morgan fingerprint density at radius 1 is 1.00 bits per heavy atom. The molecule has 0 spiro atoms. The summed E-state index contributed by atoms with van der Waals surface area (Å²) in [4.78, 5) is 20.1. The monoisotopic (exact) mass is 569 g/mol. The third-order valence-corrected chi connectivity index (χ3v) is 9.55. The van der Waals surface area contributed by atoms with E-state index in [9.17, 15) is 17.6 Å². The van der Waals surface area contributed by atoms with Crippen LogP contribution in [0.15, 0.2) is 95.9 Å². The van der Waals surface area contributed by atoms with Gasteiger partial charge in [-0.1, -0.05) is 54.6 Å². The van der Waals surface area contributed by atoms with Crippen LogP contribution in [-0.4, -0.2) is 19.3 Å². The topological polar surface area (TPSA) is 79.4 Å². The molecule has 0 bridgehead atoms. The molecule has 1 N–H and O–H groups in total. The van der Waals surface area contributed by atoms with E-state index in [2.05, 4.69) is 21.8 Å². The number of carbonyl (C=O) groups excluding carboxylic acids is 1. The standard InChI is InChI=1S/C33H32FN3O3S/c1-22-9-7-13-25(35-22)21-37(33(38)29-20-27(29)23-10-3-2-4-11-23)26-18-17-24-12-8-15-31(28(24)19-26)36-41(39,40)32-16-6-5-14-30(32)34/h2-7,9-11,13-14,16-19,27,29,31,36H,8,12,15,20-21H2,1H3/t27-,29?,31+/m1/s1. The van der Waals surface area contributed by atoms with Gasteiger partial charge in [-0.25, -0.2) is 17.5 Å². The lowest BCUT2D eigenvalue weighted by Crippen LogP contribution is -2.34. The molecule has 1 amide bonds. The van der Waals surface area contributed by atoms with Crippen LogP contribution in [0.5, 0.6) is 0 Å². The van der Waals surface area contributed by atoms with Crippen LogP contribution >= 0.6 is 0 Å². The number of hydrogen-bond acceptors (Lipinski definition) is 4. The molecular formula is C33H32FN3O3S. The minimum Gasteiger partial charge on any atom is -0.306 e. The lowest BCUT2D eigenvalue weighted by atomic mass is 9.87. The smallest absolute Gasteiger partial charge is 0.244 e. The van der Waals surface area contributed by atoms with Crippen molar-refractivity contribution in [3.05, 3.63) is 125 Å². The van der Waals surface area contributed by atoms with Gasteiger partial charge < -0.3 is 4.90 Å². The molecule has 0 aliphatic heterocycles. The van der Waals surface area contributed by atoms with Crippen molar-refractivity contribution in [2.75, 3.05) is 4.90 Å². The first kappa shape index (κ1) is 27.3. The number of rotatable bonds is 8. The molecule has 2 aliphatic rings. The number of anilines is 1. The summed E-state index contributed by atoms with van der Waals surface area (Å²) in [5.74, 6) is -0.714. The fourth-order valence-electron chi connectivity index (χ4n) is 5.87. The van der Waals surface area contributed by atoms with Crippen molar-refractivity contribution in [3.8, 4) is 0 Å². The highest BCUT2D eigenvalue weighted by atomic mass is 32.2. The molecule has 210 valence electrons. The molecule has 6 nitrogen and oxygen atoms in total. The van der Waals surface area contributed by atoms with Gasteiger partial charge in [-0.3, -0.25) is 9.78 Å². The van der Waals surface area contributed by atoms with Crippen LogP contribution < -0.4 is 9.62 Å². The van der Waals surface area contributed by atoms with E-state index in [0.29, 0.717) is 18.7 Å². The van der Waals surface area contributed by atoms with E-state index in [0.717, 1.165) is 53.4 Å². The third-order valence-electron chi connectivity index (χ3n) is 8.05. The number of nitrogens with zero attached hydrogens (tertiary/aromatic N) is 2. The highest BCUT2D eigenvalue weighted by Crippen LogP contribution is 2.49. The third kappa shape index (κ3) is 5.80. The number of pyridine rings is 1. The van der Waals surface area contributed by atoms with Crippen LogP contribution in [0.2, 0.25) is 0 Å². The number of fused-ring (bicyclic) bond motifs is 1. The van der Waals surface area contributed by atoms with E-state index in [-0.39, 0.29) is 22.6 Å². The predicted octanol–water partition coefficient (Wildman–Crippen LogP) is 6.22. The van der Waals surface area contributed by atoms with E-state index in [1.165, 1.54) is 18.2 Å². The zero-order chi connectivity index (χ0) is 28.6. The molecule has 2 aliphatic carbocycles. The van der Waals surface area contributed by atoms with Crippen LogP contribution in [-0.2, 0) is 27.8 Å². The maximum atomic E-state index is 14.4. The SMILES string of the molecule is Cc1cccc(CN(C(=O)C2C[C@@H]2c2ccccc2)c2ccc3c(c2)[C@@H](NS(=O)(=O)c2ccccc2F)CCC3)n1. The van der Waals surface area contributed by atoms with Gasteiger partial charge >= 0.3 is 0 Å². The van der Waals surface area contributed by atoms with E-state index >= 15 is 0 Å². The maximum Gasteiger partial charge on any atom is 0.244 e. The van der Waals surface area contributed by atoms with Gasteiger partial charge in [-0.05, 0) is 91.6 Å². The van der Waals surface area contributed by atoms with Crippen molar-refractivity contribution < 1.29 is 17.6 Å². The molecule has 3 aromatic carbocycles. The molecule has 1 heterocycles. The first-order valence-electron chi connectivity index (χ1n) is 14.0. The number of benzene rings is 3. The molecular weight excluding hydrogens is 537 g/mol. The van der Waals surface area contributed by atoms with Crippen LogP contribution in [0.1, 0.15) is 59.3 Å². The number of hydrogen-bond donors (Lipinski definition) is 1. The lowest BCUT2D eigenvalue weighted by molar-refractivity contribution is -0.120. The number of aromatic nitrogens is 1. The van der Waals surface area contributed by atoms with Crippen molar-refractivity contribution in [2.24, 2.45) is 5.92 Å². The molecule has 1 saturated carbocycles. The Balaban J connectivity index is 1.33. The Hall–Kier alpha value is -3.88. The highest BCUT2D eigenvalue weighted by molar-refractivity contribution is 7.89. The molecule has 0 saturated heterocycles. The normalized spacial score (nSPS) is 19.8. The van der Waals surface area contributed by atoms with E-state index in [4.69, 9.17) is 0 Å². The Morgan fingerprint density at radius 2 is 1.78 bits per heavy atom. The summed E-state index contributed by atoms with van der Waals surface area (Å²) in [6, 6.07) is 26.6. The van der Waals surface area contributed by atoms with Gasteiger partial charge in [-0.15, -0.1) is 0 Å². The Morgan fingerprint density at radius 3 is 2.56 bits per heavy atom. The second kappa shape index (κ2) is 11.2. The molecule has 3 atom stereocenters. The van der Waals surface area contributed by atoms with Gasteiger partial charge in [-0.2, -0.15) is 0 Å². The molecule has 41 heavy (non-hydrogen) atoms. The number of carbonyl (C=O) groups is 1. The molecule has 0 radical (unpaired) electrons. The minimum absolute atomic E-state index is 0.0291. The number of nitrogens with one attached hydrogen (secondary N) is 1. The second-order valence-corrected chi connectivity index (χ2v) is 12.6. The summed E-state index contributed by atoms with van der Waals surface area (Å²) in [5, 5.41) is 0. The average Bonchev–Trinajstić information content (AvgIpc) is 3.77. The summed E-state index contributed by atoms with van der Waals surface area (Å²) < 4.78 is 43.5. The summed E-state index contributed by atoms with van der Waals surface area (Å²) in [5.41, 5.74) is 5.36. The predicted molar refractivity (Wildman–Crippen MR) is 156 cm³/mol. The molecule has 1 aromatic heterocycles. The van der Waals surface area contributed by atoms with Crippen molar-refractivity contribution in [2.45, 2.75) is 56.0 Å². The Bertz CT molecular complexity index is 1690. The van der Waals surface area contributed by atoms with E-state index in [1.807, 2.05) is 61.5 Å². The molecule has 6 rings (SSSR count). The van der Waals surface area contributed by atoms with Gasteiger partial charge in [0, 0.05) is 23.3 Å². The Labute approximate surface area is 240 Å². The fourth-order valence-corrected chi connectivity index (χ4v) is 7.20. The summed E-state index contributed by atoms with van der Waals surface area (Å²) in [6.45, 7) is 2.23. The van der Waals surface area contributed by atoms with E-state index in [1.54, 1.807) is 4.90 Å². The number of sulfonamides is 1. The first-order valence-corrected chi connectivity index (χ1v) is 15.5. The highest BCUT2D eigenvalue weighted by Gasteiger charge is 2.46. The van der Waals surface area contributed by atoms with Crippen molar-refractivity contribution in [3.63, 3.8) is 0 Å². The van der Waals surface area contributed by atoms with Crippen molar-refractivity contribution in [1.82, 2.24) is 9.71 Å². The average molecular weight is 570 g/mol. The summed E-state index contributed by atoms with van der Waals surface area (Å²) in [6.07, 6.45) is 2.97. The fraction of sp³-hybridized carbons (Fsp3) is 0.273. The Kier molecular flexibility index (Phi) is 7.45. The molecule has 1 unspecified atom stereocenters. The quantitative estimate of drug-likeness (QED) is 0.273. The van der Waals surface area contributed by atoms with Crippen LogP contribution in [0.4, 0.5) is 10.1 Å². The van der Waals surface area contributed by atoms with Gasteiger partial charge in [0.25, 0.3) is 0 Å². The molecule has 8 heteroatoms. The number of halogens is 1. The van der Waals surface area contributed by atoms with Crippen LogP contribution in [0.3, 0.4) is 0 Å². The van der Waals surface area contributed by atoms with Crippen LogP contribution in [0, 0.1) is 18.7 Å². The number of aryl methyl sites for hydroxylation is 2. The lowest BCUT2D eigenvalue weighted by Gasteiger charge is -2.29. The zero-order valence-electron chi connectivity index (χ0n) is 22.8. The van der Waals surface area contributed by atoms with Gasteiger partial charge in [0.2, 0.25) is 15.9 Å². The largest absolute Gasteiger partial charge is 0.306 e. The molecule has 4 aromatic rings. The van der Waals surface area contributed by atoms with Crippen LogP contribution in [0.25, 0.3) is 0 Å². The van der Waals surface area contributed by atoms with Gasteiger partial charge in [0.05, 0.1) is 12.2 Å². The van der Waals surface area contributed by atoms with Gasteiger partial charge in [0.1, 0.15) is 10.7 Å². The second-order valence-electron chi connectivity index (χ2n) is 10.9. The van der Waals surface area contributed by atoms with Crippen molar-refractivity contribution in [1.29, 1.82) is 0 Å². The van der Waals surface area contributed by atoms with Gasteiger partial charge in [0.15, 0.2) is 0 Å². The number of amides is 1. The minimum atomic E-state index is -4.09. The molecule has 1 fully saturated rings. The van der Waals surface area contributed by atoms with Crippen molar-refractivity contribution >= 4 is 21.6 Å². The first-order chi connectivity index (χ1) is 19.8. The summed E-state index contributed by atoms with van der Waals surface area (Å²) in [7, 11) is -4.09. The zero-order valence-corrected chi connectivity index (χ0v) is 23.6. The summed E-state index contributed by atoms with van der Waals surface area (Å²) >= 11 is 0. The maximum absolute atomic E-state index is 14.4.